The van der Waals surface area contributed by atoms with Crippen LogP contribution in [0.1, 0.15) is 45.4 Å². The van der Waals surface area contributed by atoms with E-state index in [1.54, 1.807) is 39.0 Å². The van der Waals surface area contributed by atoms with Gasteiger partial charge in [-0.05, 0) is 0 Å². The zero-order valence-electron chi connectivity index (χ0n) is 16.8. The fourth-order valence-electron chi connectivity index (χ4n) is 5.24. The van der Waals surface area contributed by atoms with Gasteiger partial charge < -0.3 is 0 Å². The molecule has 1 aromatic rings. The predicted molar refractivity (Wildman–Crippen MR) is 138 cm³/mol. The zero-order chi connectivity index (χ0) is 20.2. The van der Waals surface area contributed by atoms with E-state index in [0.717, 1.165) is 17.0 Å². The van der Waals surface area contributed by atoms with Crippen molar-refractivity contribution in [1.29, 1.82) is 0 Å². The molecule has 0 spiro atoms. The van der Waals surface area contributed by atoms with Gasteiger partial charge in [-0.15, -0.1) is 0 Å². The second kappa shape index (κ2) is 5.64. The van der Waals surface area contributed by atoms with Crippen molar-refractivity contribution in [1.82, 2.24) is 0 Å². The van der Waals surface area contributed by atoms with Crippen LogP contribution in [0.4, 0.5) is 0 Å². The maximum absolute atomic E-state index is 8.23. The van der Waals surface area contributed by atoms with Crippen LogP contribution in [-0.4, -0.2) is 25.0 Å². The molecule has 0 aliphatic rings. The molecule has 0 atom stereocenters. The molecule has 1 rings (SSSR count). The normalized spacial score (nSPS) is 20.7. The molecular weight excluding hydrogens is 513 g/mol. The molecule has 0 heterocycles. The summed E-state index contributed by atoms with van der Waals surface area (Å²) >= 11 is 0. The first-order valence-electron chi connectivity index (χ1n) is 10.1. The fourth-order valence-corrected chi connectivity index (χ4v) is 79.0. The second-order valence-corrected chi connectivity index (χ2v) is 175. The molecule has 0 aliphatic carbocycles. The Bertz CT molecular complexity index is 832. The minimum absolute atomic E-state index is 0.596. The molecule has 8 heteroatoms. The first-order chi connectivity index (χ1) is 11.7. The van der Waals surface area contributed by atoms with Gasteiger partial charge in [-0.25, -0.2) is 0 Å². The second-order valence-electron chi connectivity index (χ2n) is 10.3. The summed E-state index contributed by atoms with van der Waals surface area (Å²) in [7, 11) is 29.6. The van der Waals surface area contributed by atoms with Crippen molar-refractivity contribution in [2.45, 2.75) is 50.5 Å². The summed E-state index contributed by atoms with van der Waals surface area (Å²) in [4.78, 5) is 0. The Balaban J connectivity index is 3.78. The Morgan fingerprint density at radius 3 is 1.62 bits per heavy atom. The SMILES string of the molecule is CCCCCCC[CH2][Zn](=[S])([Cl])([Cl])([S]C)([S]C)([S]C)([S]C)[c]1ccccc1. The molecule has 0 bridgehead atoms. The van der Waals surface area contributed by atoms with Gasteiger partial charge in [0.25, 0.3) is 0 Å². The van der Waals surface area contributed by atoms with E-state index in [9.17, 15) is 0 Å². The Morgan fingerprint density at radius 1 is 0.769 bits per heavy atom. The van der Waals surface area contributed by atoms with Gasteiger partial charge >= 0.3 is 179 Å². The van der Waals surface area contributed by atoms with Crippen LogP contribution in [-0.2, 0) is 0.302 Å². The molecule has 0 saturated carbocycles. The Kier molecular flexibility index (Phi) is 5.65. The van der Waals surface area contributed by atoms with Crippen LogP contribution in [0.25, 0.3) is 0 Å². The molecule has 0 nitrogen and oxygen atoms in total. The molecule has 26 heavy (non-hydrogen) atoms. The summed E-state index contributed by atoms with van der Waals surface area (Å²) in [6.07, 6.45) is 15.1. The average Bonchev–Trinajstić information content (AvgIpc) is 2.68. The van der Waals surface area contributed by atoms with Crippen LogP contribution in [0, 0.1) is 0 Å². The molecule has 0 N–H and O–H groups in total. The van der Waals surface area contributed by atoms with Crippen molar-refractivity contribution >= 4 is 72.7 Å². The van der Waals surface area contributed by atoms with E-state index in [1.807, 2.05) is 43.2 Å². The van der Waals surface area contributed by atoms with E-state index in [0.29, 0.717) is 5.02 Å². The summed E-state index contributed by atoms with van der Waals surface area (Å²) in [6, 6.07) is 10.1. The molecule has 0 saturated heterocycles. The van der Waals surface area contributed by atoms with Crippen LogP contribution < -0.4 is 4.16 Å². The zero-order valence-corrected chi connectivity index (χ0v) is 25.4. The third-order valence-electron chi connectivity index (χ3n) is 9.20. The van der Waals surface area contributed by atoms with Gasteiger partial charge in [0.2, 0.25) is 0 Å². The minimum atomic E-state index is -6.97. The van der Waals surface area contributed by atoms with E-state index in [4.69, 9.17) is 29.5 Å². The molecule has 0 aromatic heterocycles. The van der Waals surface area contributed by atoms with Gasteiger partial charge in [-0.1, -0.05) is 0 Å². The quantitative estimate of drug-likeness (QED) is 0.188. The molecule has 0 aliphatic heterocycles. The first-order valence-corrected chi connectivity index (χ1v) is 45.8. The number of unbranched alkanes of at least 4 members (excludes halogenated alkanes) is 5. The summed E-state index contributed by atoms with van der Waals surface area (Å²) < 4.78 is -6.07. The Labute approximate surface area is 177 Å². The van der Waals surface area contributed by atoms with Gasteiger partial charge in [0, 0.05) is 0 Å². The fraction of sp³-hybridized carbons (Fsp3) is 0.667. The monoisotopic (exact) mass is 544 g/mol. The number of hydrogen-bond acceptors (Lipinski definition) is 5. The van der Waals surface area contributed by atoms with Gasteiger partial charge in [0.05, 0.1) is 0 Å². The molecule has 0 fully saturated rings. The summed E-state index contributed by atoms with van der Waals surface area (Å²) in [6.45, 7) is 2.24. The van der Waals surface area contributed by atoms with Gasteiger partial charge in [-0.2, -0.15) is 0 Å². The van der Waals surface area contributed by atoms with Crippen molar-refractivity contribution < 1.29 is 0.302 Å². The number of hydrogen-bond donors (Lipinski definition) is 0. The number of rotatable bonds is 12. The summed E-state index contributed by atoms with van der Waals surface area (Å²) in [5.74, 6) is 0. The van der Waals surface area contributed by atoms with E-state index >= 15 is 0 Å². The predicted octanol–water partition coefficient (Wildman–Crippen LogP) is 9.46. The Morgan fingerprint density at radius 2 is 1.19 bits per heavy atom. The van der Waals surface area contributed by atoms with Crippen molar-refractivity contribution in [3.63, 3.8) is 0 Å². The Hall–Kier alpha value is 2.04. The van der Waals surface area contributed by atoms with Crippen LogP contribution in [0.2, 0.25) is 5.02 Å². The number of halogens is 2. The average molecular weight is 547 g/mol. The van der Waals surface area contributed by atoms with Gasteiger partial charge in [-0.3, -0.25) is 0 Å². The topological polar surface area (TPSA) is 0 Å². The van der Waals surface area contributed by atoms with E-state index in [2.05, 4.69) is 19.1 Å². The third kappa shape index (κ3) is 3.15. The third-order valence-corrected chi connectivity index (χ3v) is 191. The number of benzene rings is 1. The molecular formula is C18H34Cl2S5Zn. The van der Waals surface area contributed by atoms with E-state index in [1.165, 1.54) is 25.7 Å². The summed E-state index contributed by atoms with van der Waals surface area (Å²) in [5, 5.41) is 0.596. The van der Waals surface area contributed by atoms with Crippen LogP contribution in [0.15, 0.2) is 30.3 Å². The van der Waals surface area contributed by atoms with Crippen molar-refractivity contribution in [2.75, 3.05) is 25.0 Å². The molecule has 0 radical (unpaired) electrons. The van der Waals surface area contributed by atoms with Crippen LogP contribution in [0.3, 0.4) is 0 Å². The van der Waals surface area contributed by atoms with Gasteiger partial charge in [0.15, 0.2) is 0 Å². The van der Waals surface area contributed by atoms with Crippen LogP contribution >= 0.6 is 68.5 Å². The van der Waals surface area contributed by atoms with E-state index < -0.39 is 0.302 Å². The molecule has 152 valence electrons. The van der Waals surface area contributed by atoms with Crippen molar-refractivity contribution in [2.24, 2.45) is 0 Å². The van der Waals surface area contributed by atoms with E-state index in [-0.39, 0.29) is 0 Å². The van der Waals surface area contributed by atoms with Crippen LogP contribution in [0.5, 0.6) is 0 Å². The maximum atomic E-state index is 8.23. The van der Waals surface area contributed by atoms with Crippen molar-refractivity contribution in [3.8, 4) is 0 Å². The summed E-state index contributed by atoms with van der Waals surface area (Å²) in [5.41, 5.74) is 0. The van der Waals surface area contributed by atoms with Gasteiger partial charge in [0.1, 0.15) is 0 Å². The standard InChI is InChI=1S/C8H17.C6H5.4CH4S.2ClH.S.Zn/c1-3-5-7-8-6-4-2;1-2-4-6-5-3-1;4*1-2;;;;/h1,3-8H2,2H3;1-5H;4*2H,1H3;2*1H;;/q;;;;;;;;;+6/p-6. The molecule has 0 unspecified atom stereocenters. The first kappa shape index (κ1) is 26.1. The van der Waals surface area contributed by atoms with Crippen molar-refractivity contribution in [3.05, 3.63) is 30.3 Å². The molecule has 0 amide bonds. The molecule has 1 aromatic carbocycles.